The number of rotatable bonds is 3. The molecule has 1 aliphatic rings. The maximum atomic E-state index is 9.46. The lowest BCUT2D eigenvalue weighted by Gasteiger charge is -2.15. The Morgan fingerprint density at radius 2 is 2.11 bits per heavy atom. The van der Waals surface area contributed by atoms with Crippen LogP contribution in [0.1, 0.15) is 19.1 Å². The van der Waals surface area contributed by atoms with Crippen LogP contribution in [0.5, 0.6) is 0 Å². The van der Waals surface area contributed by atoms with Gasteiger partial charge >= 0.3 is 0 Å². The first kappa shape index (κ1) is 16.2. The van der Waals surface area contributed by atoms with E-state index < -0.39 is 0 Å². The third-order valence-electron chi connectivity index (χ3n) is 5.42. The molecule has 140 valence electrons. The second-order valence-corrected chi connectivity index (χ2v) is 7.95. The number of furan rings is 1. The van der Waals surface area contributed by atoms with Crippen LogP contribution in [0.15, 0.2) is 52.5 Å². The fraction of sp³-hybridized carbons (Fsp3) is 0.238. The Labute approximate surface area is 164 Å². The summed E-state index contributed by atoms with van der Waals surface area (Å²) in [5.41, 5.74) is 2.48. The van der Waals surface area contributed by atoms with E-state index in [4.69, 9.17) is 9.15 Å². The molecule has 6 rings (SSSR count). The summed E-state index contributed by atoms with van der Waals surface area (Å²) in [7, 11) is 0. The highest BCUT2D eigenvalue weighted by molar-refractivity contribution is 7.17. The fourth-order valence-electron chi connectivity index (χ4n) is 4.14. The fourth-order valence-corrected chi connectivity index (χ4v) is 5.09. The number of hydrogen-bond donors (Lipinski definition) is 1. The van der Waals surface area contributed by atoms with Gasteiger partial charge in [-0.25, -0.2) is 9.97 Å². The highest BCUT2D eigenvalue weighted by Gasteiger charge is 2.30. The highest BCUT2D eigenvalue weighted by Crippen LogP contribution is 2.42. The summed E-state index contributed by atoms with van der Waals surface area (Å²) in [4.78, 5) is 10.3. The van der Waals surface area contributed by atoms with Gasteiger partial charge in [-0.15, -0.1) is 11.3 Å². The first-order chi connectivity index (χ1) is 13.8. The van der Waals surface area contributed by atoms with Crippen molar-refractivity contribution in [3.63, 3.8) is 0 Å². The van der Waals surface area contributed by atoms with Crippen molar-refractivity contribution >= 4 is 43.6 Å². The van der Waals surface area contributed by atoms with Gasteiger partial charge < -0.3 is 14.3 Å². The monoisotopic (exact) mass is 391 g/mol. The van der Waals surface area contributed by atoms with Gasteiger partial charge in [0.25, 0.3) is 0 Å². The van der Waals surface area contributed by atoms with E-state index >= 15 is 0 Å². The minimum absolute atomic E-state index is 0.0441. The van der Waals surface area contributed by atoms with Crippen LogP contribution in [0.25, 0.3) is 43.7 Å². The first-order valence-corrected chi connectivity index (χ1v) is 10.2. The first-order valence-electron chi connectivity index (χ1n) is 9.31. The van der Waals surface area contributed by atoms with E-state index in [9.17, 15) is 5.11 Å². The largest absolute Gasteiger partial charge is 0.454 e. The van der Waals surface area contributed by atoms with Crippen molar-refractivity contribution in [2.75, 3.05) is 6.61 Å². The molecule has 1 aromatic carbocycles. The molecule has 4 aromatic heterocycles. The van der Waals surface area contributed by atoms with E-state index in [0.717, 1.165) is 56.5 Å². The van der Waals surface area contributed by atoms with Crippen molar-refractivity contribution in [3.05, 3.63) is 48.1 Å². The molecule has 0 amide bonds. The van der Waals surface area contributed by atoms with Gasteiger partial charge in [0.15, 0.2) is 5.76 Å². The van der Waals surface area contributed by atoms with Gasteiger partial charge in [0, 0.05) is 10.8 Å². The van der Waals surface area contributed by atoms with E-state index in [0.29, 0.717) is 0 Å². The Balaban J connectivity index is 1.61. The molecule has 0 saturated carbocycles. The number of ether oxygens (including phenoxy) is 1. The topological polar surface area (TPSA) is 73.3 Å². The molecule has 6 nitrogen and oxygen atoms in total. The third kappa shape index (κ3) is 2.27. The predicted molar refractivity (Wildman–Crippen MR) is 108 cm³/mol. The number of aliphatic hydroxyl groups is 1. The smallest absolute Gasteiger partial charge is 0.154 e. The van der Waals surface area contributed by atoms with Gasteiger partial charge in [0.05, 0.1) is 18.1 Å². The lowest BCUT2D eigenvalue weighted by molar-refractivity contribution is -0.0183. The van der Waals surface area contributed by atoms with Crippen LogP contribution in [0.3, 0.4) is 0 Å². The molecule has 28 heavy (non-hydrogen) atoms. The molecule has 2 atom stereocenters. The summed E-state index contributed by atoms with van der Waals surface area (Å²) in [5, 5.41) is 14.7. The van der Waals surface area contributed by atoms with Crippen LogP contribution in [0.2, 0.25) is 0 Å². The van der Waals surface area contributed by atoms with E-state index in [2.05, 4.69) is 26.0 Å². The molecule has 7 heteroatoms. The van der Waals surface area contributed by atoms with Crippen LogP contribution in [0, 0.1) is 0 Å². The number of thiophene rings is 1. The average Bonchev–Trinajstić information content (AvgIpc) is 3.49. The standard InChI is InChI=1S/C21H17N3O3S/c25-10-13-5-6-17(26-13)24-20-18(14-7-8-28-21(14)24)19(22-11-23-20)16-9-12-3-1-2-4-15(12)27-16/h1-4,7-9,11,13,17,25H,5-6,10H2. The number of aromatic nitrogens is 3. The van der Waals surface area contributed by atoms with Crippen molar-refractivity contribution in [1.29, 1.82) is 0 Å². The number of hydrogen-bond acceptors (Lipinski definition) is 6. The minimum Gasteiger partial charge on any atom is -0.454 e. The normalized spacial score (nSPS) is 20.0. The van der Waals surface area contributed by atoms with Crippen molar-refractivity contribution in [3.8, 4) is 11.5 Å². The quantitative estimate of drug-likeness (QED) is 0.481. The average molecular weight is 391 g/mol. The zero-order chi connectivity index (χ0) is 18.7. The molecule has 1 saturated heterocycles. The molecule has 1 fully saturated rings. The second kappa shape index (κ2) is 6.13. The van der Waals surface area contributed by atoms with E-state index in [1.807, 2.05) is 30.3 Å². The molecular weight excluding hydrogens is 374 g/mol. The Morgan fingerprint density at radius 1 is 1.18 bits per heavy atom. The lowest BCUT2D eigenvalue weighted by Crippen LogP contribution is -2.14. The van der Waals surface area contributed by atoms with Crippen molar-refractivity contribution in [2.24, 2.45) is 0 Å². The second-order valence-electron chi connectivity index (χ2n) is 7.05. The van der Waals surface area contributed by atoms with Gasteiger partial charge in [0.1, 0.15) is 34.3 Å². The molecule has 0 bridgehead atoms. The van der Waals surface area contributed by atoms with Crippen LogP contribution < -0.4 is 0 Å². The maximum absolute atomic E-state index is 9.46. The zero-order valence-electron chi connectivity index (χ0n) is 14.9. The van der Waals surface area contributed by atoms with Gasteiger partial charge in [-0.2, -0.15) is 0 Å². The number of aliphatic hydroxyl groups excluding tert-OH is 1. The summed E-state index contributed by atoms with van der Waals surface area (Å²) in [6.45, 7) is 0.0441. The molecule has 0 radical (unpaired) electrons. The van der Waals surface area contributed by atoms with E-state index in [1.54, 1.807) is 17.7 Å². The Hall–Kier alpha value is -2.74. The summed E-state index contributed by atoms with van der Waals surface area (Å²) in [6, 6.07) is 12.1. The van der Waals surface area contributed by atoms with Crippen molar-refractivity contribution < 1.29 is 14.3 Å². The molecule has 0 aliphatic carbocycles. The summed E-state index contributed by atoms with van der Waals surface area (Å²) in [6.07, 6.45) is 3.04. The van der Waals surface area contributed by atoms with Gasteiger partial charge in [-0.1, -0.05) is 18.2 Å². The summed E-state index contributed by atoms with van der Waals surface area (Å²) in [5.74, 6) is 0.736. The van der Waals surface area contributed by atoms with E-state index in [1.165, 1.54) is 0 Å². The molecule has 2 unspecified atom stereocenters. The van der Waals surface area contributed by atoms with Crippen LogP contribution in [0.4, 0.5) is 0 Å². The summed E-state index contributed by atoms with van der Waals surface area (Å²) >= 11 is 1.67. The SMILES string of the molecule is OCC1CCC(n2c3ncnc(-c4cc5ccccc5o4)c3c3ccsc32)O1. The highest BCUT2D eigenvalue weighted by atomic mass is 32.1. The number of benzene rings is 1. The van der Waals surface area contributed by atoms with E-state index in [-0.39, 0.29) is 18.9 Å². The van der Waals surface area contributed by atoms with Gasteiger partial charge in [-0.05, 0) is 36.4 Å². The molecule has 5 aromatic rings. The molecular formula is C21H17N3O3S. The summed E-state index contributed by atoms with van der Waals surface area (Å²) < 4.78 is 14.3. The molecule has 5 heterocycles. The van der Waals surface area contributed by atoms with Crippen LogP contribution in [-0.2, 0) is 4.74 Å². The van der Waals surface area contributed by atoms with Gasteiger partial charge in [-0.3, -0.25) is 4.57 Å². The van der Waals surface area contributed by atoms with Crippen molar-refractivity contribution in [1.82, 2.24) is 14.5 Å². The Morgan fingerprint density at radius 3 is 2.96 bits per heavy atom. The number of nitrogens with zero attached hydrogens (tertiary/aromatic N) is 3. The lowest BCUT2D eigenvalue weighted by atomic mass is 10.2. The van der Waals surface area contributed by atoms with Gasteiger partial charge in [0.2, 0.25) is 0 Å². The number of para-hydroxylation sites is 1. The predicted octanol–water partition coefficient (Wildman–Crippen LogP) is 4.73. The zero-order valence-corrected chi connectivity index (χ0v) is 15.7. The number of fused-ring (bicyclic) bond motifs is 4. The maximum Gasteiger partial charge on any atom is 0.154 e. The third-order valence-corrected chi connectivity index (χ3v) is 6.34. The molecule has 0 spiro atoms. The molecule has 1 N–H and O–H groups in total. The van der Waals surface area contributed by atoms with Crippen molar-refractivity contribution in [2.45, 2.75) is 25.2 Å². The minimum atomic E-state index is -0.130. The van der Waals surface area contributed by atoms with Crippen LogP contribution in [-0.4, -0.2) is 32.4 Å². The Kier molecular flexibility index (Phi) is 3.56. The Bertz CT molecular complexity index is 1290. The molecule has 1 aliphatic heterocycles. The van der Waals surface area contributed by atoms with Crippen LogP contribution >= 0.6 is 11.3 Å².